The summed E-state index contributed by atoms with van der Waals surface area (Å²) in [7, 11) is 0. The summed E-state index contributed by atoms with van der Waals surface area (Å²) >= 11 is 0. The minimum Gasteiger partial charge on any atom is -0.356 e. The Morgan fingerprint density at radius 3 is 2.25 bits per heavy atom. The van der Waals surface area contributed by atoms with Gasteiger partial charge in [0, 0.05) is 23.5 Å². The monoisotopic (exact) mass is 323 g/mol. The summed E-state index contributed by atoms with van der Waals surface area (Å²) in [6.07, 6.45) is 3.97. The Labute approximate surface area is 143 Å². The zero-order valence-electron chi connectivity index (χ0n) is 13.9. The summed E-state index contributed by atoms with van der Waals surface area (Å²) in [5.41, 5.74) is 2.91. The number of hydrogen-bond donors (Lipinski definition) is 3. The summed E-state index contributed by atoms with van der Waals surface area (Å²) in [6.45, 7) is 2.17. The quantitative estimate of drug-likeness (QED) is 0.748. The Morgan fingerprint density at radius 1 is 0.917 bits per heavy atom. The molecule has 0 spiro atoms. The number of nitrogens with one attached hydrogen (secondary N) is 3. The molecule has 0 aliphatic carbocycles. The van der Waals surface area contributed by atoms with Crippen molar-refractivity contribution >= 4 is 23.0 Å². The molecule has 0 atom stereocenters. The minimum atomic E-state index is 0.109. The van der Waals surface area contributed by atoms with E-state index in [0.29, 0.717) is 12.3 Å². The molecule has 2 aromatic rings. The topological polar surface area (TPSA) is 53.2 Å². The van der Waals surface area contributed by atoms with Crippen LogP contribution in [0.4, 0.5) is 17.1 Å². The number of piperidine rings is 1. The van der Waals surface area contributed by atoms with Crippen LogP contribution in [0.15, 0.2) is 54.6 Å². The second kappa shape index (κ2) is 8.50. The summed E-state index contributed by atoms with van der Waals surface area (Å²) in [6, 6.07) is 17.9. The third kappa shape index (κ3) is 5.10. The predicted molar refractivity (Wildman–Crippen MR) is 99.6 cm³/mol. The highest BCUT2D eigenvalue weighted by Gasteiger charge is 2.14. The highest BCUT2D eigenvalue weighted by atomic mass is 16.1. The van der Waals surface area contributed by atoms with Gasteiger partial charge in [-0.3, -0.25) is 4.79 Å². The van der Waals surface area contributed by atoms with Crippen molar-refractivity contribution in [1.29, 1.82) is 0 Å². The lowest BCUT2D eigenvalue weighted by Crippen LogP contribution is -2.28. The molecular formula is C20H25N3O. The van der Waals surface area contributed by atoms with Crippen LogP contribution < -0.4 is 16.0 Å². The molecule has 3 N–H and O–H groups in total. The lowest BCUT2D eigenvalue weighted by molar-refractivity contribution is -0.116. The molecular weight excluding hydrogens is 298 g/mol. The lowest BCUT2D eigenvalue weighted by Gasteiger charge is -2.22. The van der Waals surface area contributed by atoms with Crippen molar-refractivity contribution in [2.75, 3.05) is 23.7 Å². The minimum absolute atomic E-state index is 0.109. The van der Waals surface area contributed by atoms with Gasteiger partial charge in [-0.05, 0) is 74.7 Å². The summed E-state index contributed by atoms with van der Waals surface area (Å²) < 4.78 is 0. The highest BCUT2D eigenvalue weighted by molar-refractivity contribution is 5.90. The van der Waals surface area contributed by atoms with Gasteiger partial charge in [0.25, 0.3) is 0 Å². The average molecular weight is 323 g/mol. The van der Waals surface area contributed by atoms with Crippen molar-refractivity contribution in [3.05, 3.63) is 54.6 Å². The Bertz CT molecular complexity index is 634. The van der Waals surface area contributed by atoms with Gasteiger partial charge in [-0.15, -0.1) is 0 Å². The molecule has 1 aliphatic heterocycles. The third-order valence-corrected chi connectivity index (χ3v) is 4.47. The molecule has 3 rings (SSSR count). The van der Waals surface area contributed by atoms with Gasteiger partial charge >= 0.3 is 0 Å². The van der Waals surface area contributed by atoms with E-state index in [1.165, 1.54) is 12.8 Å². The van der Waals surface area contributed by atoms with E-state index >= 15 is 0 Å². The van der Waals surface area contributed by atoms with Crippen LogP contribution in [0.3, 0.4) is 0 Å². The van der Waals surface area contributed by atoms with E-state index in [2.05, 4.69) is 16.0 Å². The van der Waals surface area contributed by atoms with Crippen LogP contribution in [-0.4, -0.2) is 19.0 Å². The largest absolute Gasteiger partial charge is 0.356 e. The van der Waals surface area contributed by atoms with Gasteiger partial charge in [-0.2, -0.15) is 0 Å². The van der Waals surface area contributed by atoms with E-state index in [4.69, 9.17) is 0 Å². The van der Waals surface area contributed by atoms with Gasteiger partial charge < -0.3 is 16.0 Å². The summed E-state index contributed by atoms with van der Waals surface area (Å²) in [5.74, 6) is 0.798. The van der Waals surface area contributed by atoms with Crippen molar-refractivity contribution in [3.8, 4) is 0 Å². The molecule has 0 aromatic heterocycles. The molecule has 1 aliphatic rings. The fourth-order valence-electron chi connectivity index (χ4n) is 3.05. The standard InChI is InChI=1S/C20H25N3O/c24-20(11-6-16-12-14-21-15-13-16)23-19-9-7-18(8-10-19)22-17-4-2-1-3-5-17/h1-5,7-10,16,21-22H,6,11-15H2,(H,23,24). The van der Waals surface area contributed by atoms with Gasteiger partial charge in [-0.1, -0.05) is 18.2 Å². The Balaban J connectivity index is 1.45. The smallest absolute Gasteiger partial charge is 0.224 e. The molecule has 1 amide bonds. The average Bonchev–Trinajstić information content (AvgIpc) is 2.63. The number of anilines is 3. The van der Waals surface area contributed by atoms with E-state index in [-0.39, 0.29) is 5.91 Å². The van der Waals surface area contributed by atoms with Crippen molar-refractivity contribution < 1.29 is 4.79 Å². The zero-order valence-corrected chi connectivity index (χ0v) is 13.9. The van der Waals surface area contributed by atoms with Crippen LogP contribution >= 0.6 is 0 Å². The highest BCUT2D eigenvalue weighted by Crippen LogP contribution is 2.20. The summed E-state index contributed by atoms with van der Waals surface area (Å²) in [5, 5.41) is 9.68. The fourth-order valence-corrected chi connectivity index (χ4v) is 3.05. The Kier molecular flexibility index (Phi) is 5.85. The maximum absolute atomic E-state index is 12.1. The van der Waals surface area contributed by atoms with Gasteiger partial charge in [0.05, 0.1) is 0 Å². The van der Waals surface area contributed by atoms with Crippen molar-refractivity contribution in [1.82, 2.24) is 5.32 Å². The maximum Gasteiger partial charge on any atom is 0.224 e. The van der Waals surface area contributed by atoms with Gasteiger partial charge in [-0.25, -0.2) is 0 Å². The third-order valence-electron chi connectivity index (χ3n) is 4.47. The summed E-state index contributed by atoms with van der Waals surface area (Å²) in [4.78, 5) is 12.1. The molecule has 24 heavy (non-hydrogen) atoms. The Morgan fingerprint density at radius 2 is 1.54 bits per heavy atom. The van der Waals surface area contributed by atoms with Crippen LogP contribution in [0.5, 0.6) is 0 Å². The lowest BCUT2D eigenvalue weighted by atomic mass is 9.93. The van der Waals surface area contributed by atoms with Crippen LogP contribution in [0.1, 0.15) is 25.7 Å². The van der Waals surface area contributed by atoms with Crippen molar-refractivity contribution in [2.24, 2.45) is 5.92 Å². The SMILES string of the molecule is O=C(CCC1CCNCC1)Nc1ccc(Nc2ccccc2)cc1. The number of hydrogen-bond acceptors (Lipinski definition) is 3. The number of rotatable bonds is 6. The van der Waals surface area contributed by atoms with E-state index < -0.39 is 0 Å². The molecule has 0 saturated carbocycles. The van der Waals surface area contributed by atoms with E-state index in [9.17, 15) is 4.79 Å². The second-order valence-corrected chi connectivity index (χ2v) is 6.35. The fraction of sp³-hybridized carbons (Fsp3) is 0.350. The number of carbonyl (C=O) groups excluding carboxylic acids is 1. The van der Waals surface area contributed by atoms with E-state index in [1.807, 2.05) is 54.6 Å². The molecule has 126 valence electrons. The first-order valence-electron chi connectivity index (χ1n) is 8.72. The molecule has 4 heteroatoms. The normalized spacial score (nSPS) is 15.0. The Hall–Kier alpha value is -2.33. The zero-order chi connectivity index (χ0) is 16.6. The van der Waals surface area contributed by atoms with Gasteiger partial charge in [0.15, 0.2) is 0 Å². The molecule has 1 saturated heterocycles. The molecule has 0 bridgehead atoms. The predicted octanol–water partition coefficient (Wildman–Crippen LogP) is 4.15. The maximum atomic E-state index is 12.1. The molecule has 0 radical (unpaired) electrons. The van der Waals surface area contributed by atoms with Crippen LogP contribution in [0, 0.1) is 5.92 Å². The van der Waals surface area contributed by atoms with Crippen molar-refractivity contribution in [3.63, 3.8) is 0 Å². The number of para-hydroxylation sites is 1. The second-order valence-electron chi connectivity index (χ2n) is 6.35. The van der Waals surface area contributed by atoms with E-state index in [1.54, 1.807) is 0 Å². The first-order valence-corrected chi connectivity index (χ1v) is 8.72. The first-order chi connectivity index (χ1) is 11.8. The van der Waals surface area contributed by atoms with Crippen molar-refractivity contribution in [2.45, 2.75) is 25.7 Å². The molecule has 0 unspecified atom stereocenters. The van der Waals surface area contributed by atoms with Crippen LogP contribution in [0.25, 0.3) is 0 Å². The number of carbonyl (C=O) groups is 1. The molecule has 2 aromatic carbocycles. The van der Waals surface area contributed by atoms with Gasteiger partial charge in [0.2, 0.25) is 5.91 Å². The number of benzene rings is 2. The first kappa shape index (κ1) is 16.5. The van der Waals surface area contributed by atoms with Gasteiger partial charge in [0.1, 0.15) is 0 Å². The molecule has 1 heterocycles. The number of amides is 1. The molecule has 1 fully saturated rings. The van der Waals surface area contributed by atoms with E-state index in [0.717, 1.165) is 36.6 Å². The van der Waals surface area contributed by atoms with Crippen LogP contribution in [-0.2, 0) is 4.79 Å². The van der Waals surface area contributed by atoms with Crippen LogP contribution in [0.2, 0.25) is 0 Å². The molecule has 4 nitrogen and oxygen atoms in total.